The Bertz CT molecular complexity index is 812. The van der Waals surface area contributed by atoms with Crippen LogP contribution in [0.2, 0.25) is 0 Å². The number of hydrogen-bond acceptors (Lipinski definition) is 2. The Morgan fingerprint density at radius 3 is 2.26 bits per heavy atom. The number of piperazine rings is 1. The normalized spacial score (nSPS) is 18.0. The minimum atomic E-state index is -1.26. The van der Waals surface area contributed by atoms with Crippen LogP contribution in [0.4, 0.5) is 0 Å². The van der Waals surface area contributed by atoms with Crippen LogP contribution in [-0.4, -0.2) is 45.0 Å². The highest BCUT2D eigenvalue weighted by molar-refractivity contribution is 7.82. The molecule has 2 unspecified atom stereocenters. The third-order valence-electron chi connectivity index (χ3n) is 4.31. The van der Waals surface area contributed by atoms with E-state index in [2.05, 4.69) is 5.92 Å². The second-order valence-electron chi connectivity index (χ2n) is 6.02. The van der Waals surface area contributed by atoms with Crippen LogP contribution in [0.5, 0.6) is 0 Å². The maximum absolute atomic E-state index is 12.8. The molecule has 3 rings (SSSR count). The van der Waals surface area contributed by atoms with Crippen LogP contribution in [0.25, 0.3) is 0 Å². The molecule has 0 N–H and O–H groups in total. The van der Waals surface area contributed by atoms with Gasteiger partial charge < -0.3 is 4.90 Å². The molecule has 0 radical (unpaired) electrons. The molecule has 1 saturated heterocycles. The third-order valence-corrected chi connectivity index (χ3v) is 5.95. The van der Waals surface area contributed by atoms with Crippen molar-refractivity contribution in [1.29, 1.82) is 0 Å². The van der Waals surface area contributed by atoms with E-state index in [4.69, 9.17) is 6.42 Å². The number of rotatable bonds is 3. The van der Waals surface area contributed by atoms with Crippen LogP contribution in [0.3, 0.4) is 0 Å². The van der Waals surface area contributed by atoms with Crippen molar-refractivity contribution in [1.82, 2.24) is 9.21 Å². The molecular weight excluding hydrogens is 356 g/mol. The predicted octanol–water partition coefficient (Wildman–Crippen LogP) is 3.56. The fourth-order valence-corrected chi connectivity index (χ4v) is 4.22. The summed E-state index contributed by atoms with van der Waals surface area (Å²) in [6.07, 6.45) is 5.36. The molecular formula is C22H26N2O2S. The zero-order valence-corrected chi connectivity index (χ0v) is 16.9. The Balaban J connectivity index is 0.00000126. The topological polar surface area (TPSA) is 40.6 Å². The molecule has 4 nitrogen and oxygen atoms in total. The molecule has 0 aromatic heterocycles. The lowest BCUT2D eigenvalue weighted by molar-refractivity contribution is 0.0647. The van der Waals surface area contributed by atoms with Gasteiger partial charge in [-0.3, -0.25) is 4.79 Å². The summed E-state index contributed by atoms with van der Waals surface area (Å²) in [7, 11) is -1.26. The lowest BCUT2D eigenvalue weighted by atomic mass is 10.1. The van der Waals surface area contributed by atoms with Gasteiger partial charge in [0.25, 0.3) is 5.91 Å². The summed E-state index contributed by atoms with van der Waals surface area (Å²) in [6, 6.07) is 16.5. The second kappa shape index (κ2) is 10.1. The van der Waals surface area contributed by atoms with Gasteiger partial charge in [0.15, 0.2) is 0 Å². The number of carbonyl (C=O) groups is 1. The first-order chi connectivity index (χ1) is 13.1. The van der Waals surface area contributed by atoms with Crippen LogP contribution in [0.1, 0.15) is 36.7 Å². The molecule has 1 fully saturated rings. The molecule has 142 valence electrons. The van der Waals surface area contributed by atoms with Crippen LogP contribution >= 0.6 is 0 Å². The van der Waals surface area contributed by atoms with E-state index >= 15 is 0 Å². The van der Waals surface area contributed by atoms with Crippen molar-refractivity contribution in [3.05, 3.63) is 65.7 Å². The molecule has 1 aliphatic heterocycles. The van der Waals surface area contributed by atoms with E-state index in [0.717, 1.165) is 10.5 Å². The first-order valence-corrected chi connectivity index (χ1v) is 10.3. The lowest BCUT2D eigenvalue weighted by Crippen LogP contribution is -2.53. The largest absolute Gasteiger partial charge is 0.336 e. The Labute approximate surface area is 164 Å². The smallest absolute Gasteiger partial charge is 0.253 e. The summed E-state index contributed by atoms with van der Waals surface area (Å²) in [5.41, 5.74) is 1.46. The molecule has 2 atom stereocenters. The van der Waals surface area contributed by atoms with Gasteiger partial charge in [-0.2, -0.15) is 0 Å². The third kappa shape index (κ3) is 5.06. The summed E-state index contributed by atoms with van der Waals surface area (Å²) >= 11 is 0. The maximum atomic E-state index is 12.8. The molecule has 0 saturated carbocycles. The van der Waals surface area contributed by atoms with Gasteiger partial charge in [0.1, 0.15) is 11.0 Å². The summed E-state index contributed by atoms with van der Waals surface area (Å²) < 4.78 is 14.8. The number of nitrogens with zero attached hydrogens (tertiary/aromatic N) is 2. The van der Waals surface area contributed by atoms with Crippen molar-refractivity contribution in [3.8, 4) is 12.3 Å². The Morgan fingerprint density at radius 2 is 1.70 bits per heavy atom. The Morgan fingerprint density at radius 1 is 1.07 bits per heavy atom. The molecule has 27 heavy (non-hydrogen) atoms. The fraction of sp³-hybridized carbons (Fsp3) is 0.318. The number of carbonyl (C=O) groups excluding carboxylic acids is 1. The van der Waals surface area contributed by atoms with Crippen molar-refractivity contribution >= 4 is 16.9 Å². The molecule has 0 spiro atoms. The summed E-state index contributed by atoms with van der Waals surface area (Å²) in [5.74, 6) is 2.58. The molecule has 2 aromatic rings. The monoisotopic (exact) mass is 382 g/mol. The van der Waals surface area contributed by atoms with Gasteiger partial charge in [0.05, 0.1) is 4.90 Å². The number of amides is 1. The number of hydrogen-bond donors (Lipinski definition) is 0. The zero-order valence-electron chi connectivity index (χ0n) is 16.1. The molecule has 1 amide bonds. The van der Waals surface area contributed by atoms with Crippen molar-refractivity contribution in [2.24, 2.45) is 0 Å². The summed E-state index contributed by atoms with van der Waals surface area (Å²) in [5, 5.41) is 0. The van der Waals surface area contributed by atoms with Crippen molar-refractivity contribution < 1.29 is 9.00 Å². The highest BCUT2D eigenvalue weighted by Crippen LogP contribution is 2.19. The van der Waals surface area contributed by atoms with Gasteiger partial charge in [0.2, 0.25) is 0 Å². The quantitative estimate of drug-likeness (QED) is 0.762. The Hall–Kier alpha value is -2.42. The molecule has 1 aliphatic rings. The average molecular weight is 383 g/mol. The summed E-state index contributed by atoms with van der Waals surface area (Å²) in [4.78, 5) is 15.1. The number of terminal acetylenes is 1. The molecule has 0 aliphatic carbocycles. The van der Waals surface area contributed by atoms with Gasteiger partial charge in [-0.15, -0.1) is 6.42 Å². The van der Waals surface area contributed by atoms with Crippen LogP contribution in [0.15, 0.2) is 59.5 Å². The molecule has 2 aromatic carbocycles. The minimum absolute atomic E-state index is 0.00885. The number of benzene rings is 2. The van der Waals surface area contributed by atoms with E-state index < -0.39 is 11.0 Å². The average Bonchev–Trinajstić information content (AvgIpc) is 2.75. The van der Waals surface area contributed by atoms with E-state index in [1.54, 1.807) is 24.3 Å². The van der Waals surface area contributed by atoms with Crippen molar-refractivity contribution in [2.75, 3.05) is 19.6 Å². The van der Waals surface area contributed by atoms with Crippen LogP contribution in [-0.2, 0) is 11.0 Å². The van der Waals surface area contributed by atoms with E-state index in [1.807, 2.05) is 60.3 Å². The molecule has 5 heteroatoms. The van der Waals surface area contributed by atoms with E-state index in [0.29, 0.717) is 25.2 Å². The summed E-state index contributed by atoms with van der Waals surface area (Å²) in [6.45, 7) is 7.69. The zero-order chi connectivity index (χ0) is 19.8. The predicted molar refractivity (Wildman–Crippen MR) is 111 cm³/mol. The maximum Gasteiger partial charge on any atom is 0.253 e. The highest BCUT2D eigenvalue weighted by atomic mass is 32.2. The second-order valence-corrected chi connectivity index (χ2v) is 7.46. The fourth-order valence-electron chi connectivity index (χ4n) is 2.94. The molecule has 0 bridgehead atoms. The van der Waals surface area contributed by atoms with Gasteiger partial charge >= 0.3 is 0 Å². The van der Waals surface area contributed by atoms with Crippen LogP contribution in [0, 0.1) is 12.3 Å². The first-order valence-electron chi connectivity index (χ1n) is 9.19. The lowest BCUT2D eigenvalue weighted by Gasteiger charge is -2.38. The minimum Gasteiger partial charge on any atom is -0.336 e. The van der Waals surface area contributed by atoms with Gasteiger partial charge in [0, 0.05) is 36.8 Å². The molecule has 1 heterocycles. The SMILES string of the molecule is C#Cc1ccc(S(=O)N2CCN(C(=O)c3ccccc3)CC2C)cc1.CC. The first kappa shape index (κ1) is 20.9. The van der Waals surface area contributed by atoms with Gasteiger partial charge in [-0.05, 0) is 43.3 Å². The highest BCUT2D eigenvalue weighted by Gasteiger charge is 2.30. The van der Waals surface area contributed by atoms with E-state index in [-0.39, 0.29) is 11.9 Å². The van der Waals surface area contributed by atoms with E-state index in [1.165, 1.54) is 0 Å². The van der Waals surface area contributed by atoms with Crippen molar-refractivity contribution in [3.63, 3.8) is 0 Å². The van der Waals surface area contributed by atoms with E-state index in [9.17, 15) is 9.00 Å². The van der Waals surface area contributed by atoms with Gasteiger partial charge in [-0.25, -0.2) is 8.51 Å². The van der Waals surface area contributed by atoms with Crippen LogP contribution < -0.4 is 0 Å². The Kier molecular flexibility index (Phi) is 7.78. The standard InChI is InChI=1S/C20H20N2O2S.C2H6/c1-3-17-9-11-19(12-10-17)25(24)22-14-13-21(15-16(22)2)20(23)18-7-5-4-6-8-18;1-2/h1,4-12,16H,13-15H2,2H3;1-2H3. The van der Waals surface area contributed by atoms with Crippen molar-refractivity contribution in [2.45, 2.75) is 31.7 Å². The van der Waals surface area contributed by atoms with Gasteiger partial charge in [-0.1, -0.05) is 38.0 Å².